The normalized spacial score (nSPS) is 22.3. The Balaban J connectivity index is 2.12. The number of carboxylic acid groups (broad SMARTS) is 1. The third-order valence-electron chi connectivity index (χ3n) is 3.80. The van der Waals surface area contributed by atoms with Crippen molar-refractivity contribution in [2.75, 3.05) is 5.32 Å². The summed E-state index contributed by atoms with van der Waals surface area (Å²) in [6.45, 7) is 1.92. The molecule has 2 rings (SSSR count). The summed E-state index contributed by atoms with van der Waals surface area (Å²) < 4.78 is 0. The highest BCUT2D eigenvalue weighted by molar-refractivity contribution is 6.33. The van der Waals surface area contributed by atoms with Gasteiger partial charge in [0.25, 0.3) is 0 Å². The van der Waals surface area contributed by atoms with Crippen molar-refractivity contribution in [1.29, 1.82) is 0 Å². The van der Waals surface area contributed by atoms with Crippen molar-refractivity contribution in [2.24, 2.45) is 11.8 Å². The largest absolute Gasteiger partial charge is 0.481 e. The molecule has 0 bridgehead atoms. The SMILES string of the molecule is Cc1ccc(NC(=O)[C@@H]2CCCC[C@@H]2C(=O)O)c(Cl)c1. The van der Waals surface area contributed by atoms with Gasteiger partial charge in [-0.05, 0) is 37.5 Å². The van der Waals surface area contributed by atoms with Gasteiger partial charge in [-0.1, -0.05) is 30.5 Å². The summed E-state index contributed by atoms with van der Waals surface area (Å²) in [5, 5.41) is 12.4. The van der Waals surface area contributed by atoms with Gasteiger partial charge in [0.15, 0.2) is 0 Å². The number of rotatable bonds is 3. The maximum atomic E-state index is 12.3. The zero-order valence-electron chi connectivity index (χ0n) is 11.4. The fourth-order valence-corrected chi connectivity index (χ4v) is 2.97. The Morgan fingerprint density at radius 2 is 1.90 bits per heavy atom. The summed E-state index contributed by atoms with van der Waals surface area (Å²) in [5.41, 5.74) is 1.55. The van der Waals surface area contributed by atoms with Crippen LogP contribution in [0.5, 0.6) is 0 Å². The molecule has 1 aromatic carbocycles. The highest BCUT2D eigenvalue weighted by atomic mass is 35.5. The van der Waals surface area contributed by atoms with Crippen LogP contribution < -0.4 is 5.32 Å². The van der Waals surface area contributed by atoms with Crippen molar-refractivity contribution in [3.05, 3.63) is 28.8 Å². The van der Waals surface area contributed by atoms with Crippen LogP contribution >= 0.6 is 11.6 Å². The lowest BCUT2D eigenvalue weighted by Gasteiger charge is -2.27. The summed E-state index contributed by atoms with van der Waals surface area (Å²) in [7, 11) is 0. The van der Waals surface area contributed by atoms with Gasteiger partial charge in [0.1, 0.15) is 0 Å². The Labute approximate surface area is 123 Å². The van der Waals surface area contributed by atoms with Crippen LogP contribution in [0.2, 0.25) is 5.02 Å². The standard InChI is InChI=1S/C15H18ClNO3/c1-9-6-7-13(12(16)8-9)17-14(18)10-4-2-3-5-11(10)15(19)20/h6-8,10-11H,2-5H2,1H3,(H,17,18)(H,19,20)/t10-,11+/m1/s1. The van der Waals surface area contributed by atoms with E-state index in [2.05, 4.69) is 5.32 Å². The van der Waals surface area contributed by atoms with E-state index >= 15 is 0 Å². The Hall–Kier alpha value is -1.55. The van der Waals surface area contributed by atoms with Crippen molar-refractivity contribution in [3.8, 4) is 0 Å². The van der Waals surface area contributed by atoms with Crippen LogP contribution in [0.4, 0.5) is 5.69 Å². The molecule has 0 heterocycles. The number of hydrogen-bond acceptors (Lipinski definition) is 2. The van der Waals surface area contributed by atoms with Crippen LogP contribution in [-0.2, 0) is 9.59 Å². The minimum atomic E-state index is -0.889. The van der Waals surface area contributed by atoms with Crippen molar-refractivity contribution in [1.82, 2.24) is 0 Å². The number of aliphatic carboxylic acids is 1. The summed E-state index contributed by atoms with van der Waals surface area (Å²) in [6, 6.07) is 5.37. The first-order valence-electron chi connectivity index (χ1n) is 6.79. The fourth-order valence-electron chi connectivity index (χ4n) is 2.69. The van der Waals surface area contributed by atoms with E-state index in [4.69, 9.17) is 11.6 Å². The molecule has 0 saturated heterocycles. The number of halogens is 1. The second-order valence-corrected chi connectivity index (χ2v) is 5.72. The van der Waals surface area contributed by atoms with E-state index in [1.54, 1.807) is 12.1 Å². The van der Waals surface area contributed by atoms with Crippen LogP contribution in [-0.4, -0.2) is 17.0 Å². The molecule has 2 atom stereocenters. The fraction of sp³-hybridized carbons (Fsp3) is 0.467. The summed E-state index contributed by atoms with van der Waals surface area (Å²) in [6.07, 6.45) is 2.94. The zero-order valence-corrected chi connectivity index (χ0v) is 12.1. The number of benzene rings is 1. The third kappa shape index (κ3) is 3.31. The Morgan fingerprint density at radius 1 is 1.25 bits per heavy atom. The molecule has 1 fully saturated rings. The maximum Gasteiger partial charge on any atom is 0.307 e. The number of carboxylic acids is 1. The first kappa shape index (κ1) is 14.9. The molecule has 1 aliphatic rings. The van der Waals surface area contributed by atoms with E-state index in [1.807, 2.05) is 13.0 Å². The summed E-state index contributed by atoms with van der Waals surface area (Å²) in [5.74, 6) is -2.20. The Morgan fingerprint density at radius 3 is 2.50 bits per heavy atom. The molecule has 1 aliphatic carbocycles. The van der Waals surface area contributed by atoms with Crippen molar-refractivity contribution < 1.29 is 14.7 Å². The van der Waals surface area contributed by atoms with Crippen LogP contribution in [0.3, 0.4) is 0 Å². The van der Waals surface area contributed by atoms with Crippen LogP contribution in [0.25, 0.3) is 0 Å². The molecule has 1 aromatic rings. The van der Waals surface area contributed by atoms with E-state index in [0.29, 0.717) is 23.6 Å². The topological polar surface area (TPSA) is 66.4 Å². The molecule has 0 radical (unpaired) electrons. The highest BCUT2D eigenvalue weighted by Gasteiger charge is 2.35. The average molecular weight is 296 g/mol. The van der Waals surface area contributed by atoms with E-state index < -0.39 is 17.8 Å². The zero-order chi connectivity index (χ0) is 14.7. The van der Waals surface area contributed by atoms with Gasteiger partial charge in [-0.25, -0.2) is 0 Å². The average Bonchev–Trinajstić information content (AvgIpc) is 2.41. The molecule has 108 valence electrons. The van der Waals surface area contributed by atoms with Crippen LogP contribution in [0, 0.1) is 18.8 Å². The van der Waals surface area contributed by atoms with Gasteiger partial charge in [-0.3, -0.25) is 9.59 Å². The van der Waals surface area contributed by atoms with E-state index in [1.165, 1.54) is 0 Å². The van der Waals surface area contributed by atoms with Crippen molar-refractivity contribution in [2.45, 2.75) is 32.6 Å². The lowest BCUT2D eigenvalue weighted by Crippen LogP contribution is -2.36. The Kier molecular flexibility index (Phi) is 4.65. The predicted molar refractivity (Wildman–Crippen MR) is 77.9 cm³/mol. The molecule has 1 saturated carbocycles. The summed E-state index contributed by atoms with van der Waals surface area (Å²) in [4.78, 5) is 23.5. The number of carbonyl (C=O) groups is 2. The highest BCUT2D eigenvalue weighted by Crippen LogP contribution is 2.32. The van der Waals surface area contributed by atoms with Gasteiger partial charge < -0.3 is 10.4 Å². The monoisotopic (exact) mass is 295 g/mol. The molecule has 0 unspecified atom stereocenters. The smallest absolute Gasteiger partial charge is 0.307 e. The molecule has 4 nitrogen and oxygen atoms in total. The summed E-state index contributed by atoms with van der Waals surface area (Å²) >= 11 is 6.08. The Bertz CT molecular complexity index is 530. The number of amides is 1. The third-order valence-corrected chi connectivity index (χ3v) is 4.12. The number of nitrogens with one attached hydrogen (secondary N) is 1. The first-order chi connectivity index (χ1) is 9.49. The van der Waals surface area contributed by atoms with Gasteiger partial charge in [0.05, 0.1) is 22.5 Å². The molecule has 2 N–H and O–H groups in total. The molecule has 0 spiro atoms. The molecule has 1 amide bonds. The number of anilines is 1. The van der Waals surface area contributed by atoms with Gasteiger partial charge in [0.2, 0.25) is 5.91 Å². The second-order valence-electron chi connectivity index (χ2n) is 5.31. The lowest BCUT2D eigenvalue weighted by atomic mass is 9.78. The van der Waals surface area contributed by atoms with Crippen LogP contribution in [0.1, 0.15) is 31.2 Å². The molecular formula is C15H18ClNO3. The minimum absolute atomic E-state index is 0.247. The number of hydrogen-bond donors (Lipinski definition) is 2. The van der Waals surface area contributed by atoms with Gasteiger partial charge >= 0.3 is 5.97 Å². The van der Waals surface area contributed by atoms with E-state index in [0.717, 1.165) is 18.4 Å². The van der Waals surface area contributed by atoms with Crippen molar-refractivity contribution in [3.63, 3.8) is 0 Å². The number of carbonyl (C=O) groups excluding carboxylic acids is 1. The van der Waals surface area contributed by atoms with Gasteiger partial charge in [0, 0.05) is 0 Å². The van der Waals surface area contributed by atoms with Crippen LogP contribution in [0.15, 0.2) is 18.2 Å². The first-order valence-corrected chi connectivity index (χ1v) is 7.16. The van der Waals surface area contributed by atoms with Gasteiger partial charge in [-0.15, -0.1) is 0 Å². The molecule has 0 aromatic heterocycles. The lowest BCUT2D eigenvalue weighted by molar-refractivity contribution is -0.147. The van der Waals surface area contributed by atoms with Gasteiger partial charge in [-0.2, -0.15) is 0 Å². The quantitative estimate of drug-likeness (QED) is 0.897. The van der Waals surface area contributed by atoms with Crippen molar-refractivity contribution >= 4 is 29.2 Å². The molecule has 5 heteroatoms. The van der Waals surface area contributed by atoms with E-state index in [-0.39, 0.29) is 5.91 Å². The molecular weight excluding hydrogens is 278 g/mol. The minimum Gasteiger partial charge on any atom is -0.481 e. The van der Waals surface area contributed by atoms with E-state index in [9.17, 15) is 14.7 Å². The molecule has 20 heavy (non-hydrogen) atoms. The number of aryl methyl sites for hydroxylation is 1. The predicted octanol–water partition coefficient (Wildman–Crippen LogP) is 3.48. The second kappa shape index (κ2) is 6.27. The maximum absolute atomic E-state index is 12.3. The molecule has 0 aliphatic heterocycles.